The van der Waals surface area contributed by atoms with E-state index < -0.39 is 11.7 Å². The zero-order valence-electron chi connectivity index (χ0n) is 17.7. The van der Waals surface area contributed by atoms with Gasteiger partial charge >= 0.3 is 6.18 Å². The number of rotatable bonds is 7. The maximum absolute atomic E-state index is 13.5. The van der Waals surface area contributed by atoms with Crippen LogP contribution in [0.2, 0.25) is 0 Å². The summed E-state index contributed by atoms with van der Waals surface area (Å²) in [5, 5.41) is 5.76. The van der Waals surface area contributed by atoms with E-state index in [0.29, 0.717) is 29.6 Å². The number of anilines is 4. The number of nitrogens with one attached hydrogen (secondary N) is 2. The van der Waals surface area contributed by atoms with Gasteiger partial charge in [-0.3, -0.25) is 0 Å². The lowest BCUT2D eigenvalue weighted by molar-refractivity contribution is -0.137. The van der Waals surface area contributed by atoms with Crippen LogP contribution in [0.5, 0.6) is 5.75 Å². The number of benzene rings is 2. The van der Waals surface area contributed by atoms with Crippen molar-refractivity contribution in [1.29, 1.82) is 0 Å². The minimum atomic E-state index is -4.58. The summed E-state index contributed by atoms with van der Waals surface area (Å²) >= 11 is 0. The molecular weight excluding hydrogens is 417 g/mol. The normalized spacial score (nSPS) is 14.4. The van der Waals surface area contributed by atoms with E-state index in [2.05, 4.69) is 20.6 Å². The molecule has 0 saturated heterocycles. The second-order valence-electron chi connectivity index (χ2n) is 7.76. The van der Waals surface area contributed by atoms with Crippen molar-refractivity contribution < 1.29 is 17.9 Å². The van der Waals surface area contributed by atoms with Crippen molar-refractivity contribution in [3.63, 3.8) is 0 Å². The molecular formula is C24H25F3N4O. The highest BCUT2D eigenvalue weighted by molar-refractivity contribution is 5.63. The summed E-state index contributed by atoms with van der Waals surface area (Å²) in [4.78, 5) is 7.96. The fraction of sp³-hybridized carbons (Fsp3) is 0.333. The summed E-state index contributed by atoms with van der Waals surface area (Å²) in [6.07, 6.45) is 0.993. The molecule has 1 saturated carbocycles. The van der Waals surface area contributed by atoms with Crippen LogP contribution >= 0.6 is 0 Å². The van der Waals surface area contributed by atoms with Crippen molar-refractivity contribution in [2.75, 3.05) is 17.2 Å². The highest BCUT2D eigenvalue weighted by Crippen LogP contribution is 2.37. The second-order valence-corrected chi connectivity index (χ2v) is 7.76. The molecule has 0 amide bonds. The first-order valence-electron chi connectivity index (χ1n) is 10.7. The number of alkyl halides is 3. The molecule has 0 bridgehead atoms. The number of ether oxygens (including phenoxy) is 1. The van der Waals surface area contributed by atoms with Gasteiger partial charge in [0.1, 0.15) is 17.1 Å². The van der Waals surface area contributed by atoms with Crippen LogP contribution in [0.25, 0.3) is 0 Å². The molecule has 0 radical (unpaired) electrons. The van der Waals surface area contributed by atoms with Gasteiger partial charge in [0, 0.05) is 17.6 Å². The van der Waals surface area contributed by atoms with Gasteiger partial charge < -0.3 is 15.4 Å². The average molecular weight is 442 g/mol. The highest BCUT2D eigenvalue weighted by atomic mass is 19.4. The molecule has 1 heterocycles. The molecule has 0 aliphatic heterocycles. The van der Waals surface area contributed by atoms with Crippen molar-refractivity contribution in [1.82, 2.24) is 9.97 Å². The summed E-state index contributed by atoms with van der Waals surface area (Å²) in [6.45, 7) is 2.43. The Morgan fingerprint density at radius 3 is 2.19 bits per heavy atom. The molecule has 0 unspecified atom stereocenters. The van der Waals surface area contributed by atoms with Crippen LogP contribution in [0, 0.1) is 0 Å². The Morgan fingerprint density at radius 1 is 0.938 bits per heavy atom. The molecule has 1 aromatic heterocycles. The highest BCUT2D eigenvalue weighted by Gasteiger charge is 2.35. The molecule has 0 atom stereocenters. The Labute approximate surface area is 185 Å². The van der Waals surface area contributed by atoms with Gasteiger partial charge in [-0.25, -0.2) is 4.98 Å². The lowest BCUT2D eigenvalue weighted by Crippen LogP contribution is -2.12. The largest absolute Gasteiger partial charge is 0.494 e. The number of nitrogens with zero attached hydrogens (tertiary/aromatic N) is 2. The van der Waals surface area contributed by atoms with Crippen LogP contribution in [0.1, 0.15) is 49.7 Å². The molecule has 32 heavy (non-hydrogen) atoms. The van der Waals surface area contributed by atoms with Gasteiger partial charge in [0.15, 0.2) is 0 Å². The molecule has 1 fully saturated rings. The summed E-state index contributed by atoms with van der Waals surface area (Å²) in [7, 11) is 0. The van der Waals surface area contributed by atoms with E-state index in [1.54, 1.807) is 36.4 Å². The molecule has 1 aliphatic carbocycles. The summed E-state index contributed by atoms with van der Waals surface area (Å²) < 4.78 is 46.0. The van der Waals surface area contributed by atoms with Crippen LogP contribution in [-0.4, -0.2) is 16.6 Å². The summed E-state index contributed by atoms with van der Waals surface area (Å²) in [5.74, 6) is 1.01. The zero-order valence-corrected chi connectivity index (χ0v) is 17.7. The maximum Gasteiger partial charge on any atom is 0.421 e. The molecule has 3 aromatic rings. The smallest absolute Gasteiger partial charge is 0.421 e. The van der Waals surface area contributed by atoms with Crippen LogP contribution < -0.4 is 15.4 Å². The fourth-order valence-corrected chi connectivity index (χ4v) is 3.91. The van der Waals surface area contributed by atoms with Crippen LogP contribution in [0.15, 0.2) is 54.7 Å². The van der Waals surface area contributed by atoms with Crippen LogP contribution in [-0.2, 0) is 6.18 Å². The minimum absolute atomic E-state index is 0.0623. The van der Waals surface area contributed by atoms with Gasteiger partial charge in [0.25, 0.3) is 0 Å². The van der Waals surface area contributed by atoms with E-state index in [1.165, 1.54) is 18.4 Å². The number of hydrogen-bond donors (Lipinski definition) is 2. The topological polar surface area (TPSA) is 59.1 Å². The predicted molar refractivity (Wildman–Crippen MR) is 119 cm³/mol. The lowest BCUT2D eigenvalue weighted by atomic mass is 9.97. The van der Waals surface area contributed by atoms with Gasteiger partial charge in [-0.15, -0.1) is 0 Å². The molecule has 2 aromatic carbocycles. The molecule has 2 N–H and O–H groups in total. The van der Waals surface area contributed by atoms with Crippen LogP contribution in [0.3, 0.4) is 0 Å². The molecule has 5 nitrogen and oxygen atoms in total. The maximum atomic E-state index is 13.5. The zero-order chi connectivity index (χ0) is 22.6. The SMILES string of the molecule is CCOc1ccc(Nc2ncc(C(F)(F)F)c(Nc3ccc(C4CCCC4)cc3)n2)cc1. The van der Waals surface area contributed by atoms with E-state index in [1.807, 2.05) is 19.1 Å². The van der Waals surface area contributed by atoms with Crippen molar-refractivity contribution in [2.45, 2.75) is 44.7 Å². The van der Waals surface area contributed by atoms with Crippen molar-refractivity contribution in [3.05, 3.63) is 65.9 Å². The Balaban J connectivity index is 1.55. The first-order valence-corrected chi connectivity index (χ1v) is 10.7. The van der Waals surface area contributed by atoms with Crippen molar-refractivity contribution >= 4 is 23.1 Å². The van der Waals surface area contributed by atoms with Gasteiger partial charge in [0.2, 0.25) is 5.95 Å². The van der Waals surface area contributed by atoms with E-state index in [9.17, 15) is 13.2 Å². The molecule has 0 spiro atoms. The van der Waals surface area contributed by atoms with Gasteiger partial charge in [-0.1, -0.05) is 25.0 Å². The van der Waals surface area contributed by atoms with Crippen molar-refractivity contribution in [3.8, 4) is 5.75 Å². The quantitative estimate of drug-likeness (QED) is 0.411. The number of aromatic nitrogens is 2. The molecule has 8 heteroatoms. The van der Waals surface area contributed by atoms with Gasteiger partial charge in [-0.05, 0) is 67.6 Å². The predicted octanol–water partition coefficient (Wildman–Crippen LogP) is 7.04. The molecule has 1 aliphatic rings. The lowest BCUT2D eigenvalue weighted by Gasteiger charge is -2.16. The summed E-state index contributed by atoms with van der Waals surface area (Å²) in [6, 6.07) is 14.6. The third-order valence-electron chi connectivity index (χ3n) is 5.52. The Bertz CT molecular complexity index is 1030. The van der Waals surface area contributed by atoms with Gasteiger partial charge in [-0.2, -0.15) is 18.2 Å². The number of halogens is 3. The first-order chi connectivity index (χ1) is 15.4. The van der Waals surface area contributed by atoms with E-state index in [4.69, 9.17) is 4.74 Å². The fourth-order valence-electron chi connectivity index (χ4n) is 3.91. The minimum Gasteiger partial charge on any atom is -0.494 e. The van der Waals surface area contributed by atoms with E-state index in [0.717, 1.165) is 19.0 Å². The van der Waals surface area contributed by atoms with E-state index >= 15 is 0 Å². The first kappa shape index (κ1) is 21.9. The third kappa shape index (κ3) is 5.30. The molecule has 4 rings (SSSR count). The van der Waals surface area contributed by atoms with Gasteiger partial charge in [0.05, 0.1) is 6.61 Å². The van der Waals surface area contributed by atoms with Crippen molar-refractivity contribution in [2.24, 2.45) is 0 Å². The third-order valence-corrected chi connectivity index (χ3v) is 5.52. The Morgan fingerprint density at radius 2 is 1.56 bits per heavy atom. The van der Waals surface area contributed by atoms with E-state index in [-0.39, 0.29) is 11.8 Å². The monoisotopic (exact) mass is 442 g/mol. The summed E-state index contributed by atoms with van der Waals surface area (Å²) in [5.41, 5.74) is 1.49. The number of hydrogen-bond acceptors (Lipinski definition) is 5. The molecule has 168 valence electrons. The Hall–Kier alpha value is -3.29. The average Bonchev–Trinajstić information content (AvgIpc) is 3.30. The van der Waals surface area contributed by atoms with Crippen LogP contribution in [0.4, 0.5) is 36.3 Å². The standard InChI is InChI=1S/C24H25F3N4O/c1-2-32-20-13-11-19(12-14-20)30-23-28-15-21(24(25,26)27)22(31-23)29-18-9-7-17(8-10-18)16-5-3-4-6-16/h7-16H,2-6H2,1H3,(H2,28,29,30,31). The second kappa shape index (κ2) is 9.46. The Kier molecular flexibility index (Phi) is 6.48.